The van der Waals surface area contributed by atoms with Gasteiger partial charge in [0, 0.05) is 17.6 Å². The third-order valence-corrected chi connectivity index (χ3v) is 6.15. The van der Waals surface area contributed by atoms with Crippen LogP contribution in [0.4, 0.5) is 17.5 Å². The Morgan fingerprint density at radius 3 is 2.61 bits per heavy atom. The highest BCUT2D eigenvalue weighted by molar-refractivity contribution is 5.95. The third kappa shape index (κ3) is 3.46. The number of methoxy groups -OCH3 is 1. The number of nitrogens with zero attached hydrogens (tertiary/aromatic N) is 3. The summed E-state index contributed by atoms with van der Waals surface area (Å²) in [5.41, 5.74) is 5.74. The summed E-state index contributed by atoms with van der Waals surface area (Å²) in [5.74, 6) is 2.26. The maximum absolute atomic E-state index is 5.65. The molecular formula is C26H26N4O. The van der Waals surface area contributed by atoms with Gasteiger partial charge < -0.3 is 15.0 Å². The fourth-order valence-corrected chi connectivity index (χ4v) is 4.44. The normalized spacial score (nSPS) is 15.6. The lowest BCUT2D eigenvalue weighted by Crippen LogP contribution is -2.34. The molecule has 1 atom stereocenters. The molecule has 2 heterocycles. The van der Waals surface area contributed by atoms with Gasteiger partial charge in [0.15, 0.2) is 0 Å². The molecule has 0 saturated heterocycles. The Morgan fingerprint density at radius 2 is 1.77 bits per heavy atom. The maximum atomic E-state index is 5.65. The lowest BCUT2D eigenvalue weighted by atomic mass is 9.93. The Labute approximate surface area is 182 Å². The molecule has 1 aromatic heterocycles. The molecule has 1 aliphatic rings. The SMILES string of the molecule is COc1cccc2c(N3CCc4ccccc4C3C)nc(Nc3ccccc3C)nc12. The highest BCUT2D eigenvalue weighted by atomic mass is 16.5. The quantitative estimate of drug-likeness (QED) is 0.460. The maximum Gasteiger partial charge on any atom is 0.229 e. The van der Waals surface area contributed by atoms with Gasteiger partial charge in [-0.25, -0.2) is 4.98 Å². The van der Waals surface area contributed by atoms with Crippen LogP contribution in [0.5, 0.6) is 5.75 Å². The zero-order chi connectivity index (χ0) is 21.4. The van der Waals surface area contributed by atoms with Crippen LogP contribution >= 0.6 is 0 Å². The molecule has 0 spiro atoms. The number of nitrogens with one attached hydrogen (secondary N) is 1. The van der Waals surface area contributed by atoms with Gasteiger partial charge in [-0.3, -0.25) is 0 Å². The van der Waals surface area contributed by atoms with Crippen LogP contribution in [0.1, 0.15) is 29.7 Å². The van der Waals surface area contributed by atoms with Crippen molar-refractivity contribution >= 4 is 28.4 Å². The molecule has 1 N–H and O–H groups in total. The number of hydrogen-bond donors (Lipinski definition) is 1. The molecule has 156 valence electrons. The summed E-state index contributed by atoms with van der Waals surface area (Å²) in [6.07, 6.45) is 0.997. The van der Waals surface area contributed by atoms with Crippen molar-refractivity contribution in [3.63, 3.8) is 0 Å². The average Bonchev–Trinajstić information content (AvgIpc) is 2.80. The Balaban J connectivity index is 1.66. The first kappa shape index (κ1) is 19.4. The number of rotatable bonds is 4. The lowest BCUT2D eigenvalue weighted by Gasteiger charge is -2.37. The summed E-state index contributed by atoms with van der Waals surface area (Å²) in [6, 6.07) is 23.1. The second-order valence-corrected chi connectivity index (χ2v) is 7.99. The van der Waals surface area contributed by atoms with Gasteiger partial charge in [-0.2, -0.15) is 4.98 Å². The zero-order valence-electron chi connectivity index (χ0n) is 18.1. The zero-order valence-corrected chi connectivity index (χ0v) is 18.1. The van der Waals surface area contributed by atoms with E-state index in [0.717, 1.165) is 46.7 Å². The van der Waals surface area contributed by atoms with Crippen molar-refractivity contribution in [1.82, 2.24) is 9.97 Å². The Kier molecular flexibility index (Phi) is 4.94. The smallest absolute Gasteiger partial charge is 0.229 e. The second kappa shape index (κ2) is 7.91. The number of benzene rings is 3. The van der Waals surface area contributed by atoms with E-state index in [0.29, 0.717) is 5.95 Å². The van der Waals surface area contributed by atoms with Gasteiger partial charge in [0.05, 0.1) is 13.2 Å². The van der Waals surface area contributed by atoms with E-state index in [9.17, 15) is 0 Å². The minimum absolute atomic E-state index is 0.223. The van der Waals surface area contributed by atoms with Gasteiger partial charge in [-0.1, -0.05) is 48.5 Å². The van der Waals surface area contributed by atoms with Gasteiger partial charge in [-0.15, -0.1) is 0 Å². The summed E-state index contributed by atoms with van der Waals surface area (Å²) in [6.45, 7) is 5.24. The molecule has 5 rings (SSSR count). The van der Waals surface area contributed by atoms with E-state index in [1.165, 1.54) is 11.1 Å². The number of fused-ring (bicyclic) bond motifs is 2. The molecule has 0 amide bonds. The first-order valence-electron chi connectivity index (χ1n) is 10.7. The van der Waals surface area contributed by atoms with Crippen LogP contribution in [0.3, 0.4) is 0 Å². The Hall–Kier alpha value is -3.60. The number of ether oxygens (including phenoxy) is 1. The molecule has 0 fully saturated rings. The van der Waals surface area contributed by atoms with Crippen LogP contribution in [0.2, 0.25) is 0 Å². The molecule has 0 bridgehead atoms. The van der Waals surface area contributed by atoms with Crippen molar-refractivity contribution in [2.24, 2.45) is 0 Å². The van der Waals surface area contributed by atoms with E-state index in [1.54, 1.807) is 7.11 Å². The van der Waals surface area contributed by atoms with Crippen LogP contribution < -0.4 is 15.0 Å². The van der Waals surface area contributed by atoms with E-state index in [4.69, 9.17) is 14.7 Å². The highest BCUT2D eigenvalue weighted by Gasteiger charge is 2.27. The summed E-state index contributed by atoms with van der Waals surface area (Å²) in [4.78, 5) is 12.2. The molecular weight excluding hydrogens is 384 g/mol. The van der Waals surface area contributed by atoms with Gasteiger partial charge in [-0.05, 0) is 55.2 Å². The number of hydrogen-bond acceptors (Lipinski definition) is 5. The van der Waals surface area contributed by atoms with Crippen LogP contribution in [-0.4, -0.2) is 23.6 Å². The summed E-state index contributed by atoms with van der Waals surface area (Å²) < 4.78 is 5.65. The third-order valence-electron chi connectivity index (χ3n) is 6.15. The molecule has 5 heteroatoms. The van der Waals surface area contributed by atoms with Crippen molar-refractivity contribution in [3.05, 3.63) is 83.4 Å². The molecule has 0 saturated carbocycles. The predicted molar refractivity (Wildman–Crippen MR) is 126 cm³/mol. The topological polar surface area (TPSA) is 50.3 Å². The Bertz CT molecular complexity index is 1250. The van der Waals surface area contributed by atoms with Crippen LogP contribution in [0, 0.1) is 6.92 Å². The van der Waals surface area contributed by atoms with Crippen molar-refractivity contribution in [3.8, 4) is 5.75 Å². The largest absolute Gasteiger partial charge is 0.494 e. The first-order chi connectivity index (χ1) is 15.2. The monoisotopic (exact) mass is 410 g/mol. The highest BCUT2D eigenvalue weighted by Crippen LogP contribution is 2.38. The predicted octanol–water partition coefficient (Wildman–Crippen LogP) is 5.81. The number of anilines is 3. The minimum atomic E-state index is 0.223. The Morgan fingerprint density at radius 1 is 0.968 bits per heavy atom. The molecule has 1 unspecified atom stereocenters. The van der Waals surface area contributed by atoms with Crippen molar-refractivity contribution in [1.29, 1.82) is 0 Å². The fourth-order valence-electron chi connectivity index (χ4n) is 4.44. The van der Waals surface area contributed by atoms with E-state index in [2.05, 4.69) is 60.5 Å². The fraction of sp³-hybridized carbons (Fsp3) is 0.231. The number of para-hydroxylation sites is 2. The van der Waals surface area contributed by atoms with Gasteiger partial charge in [0.1, 0.15) is 17.1 Å². The van der Waals surface area contributed by atoms with E-state index >= 15 is 0 Å². The van der Waals surface area contributed by atoms with E-state index < -0.39 is 0 Å². The van der Waals surface area contributed by atoms with Crippen molar-refractivity contribution in [2.45, 2.75) is 26.3 Å². The molecule has 3 aromatic carbocycles. The molecule has 0 radical (unpaired) electrons. The summed E-state index contributed by atoms with van der Waals surface area (Å²) >= 11 is 0. The summed E-state index contributed by atoms with van der Waals surface area (Å²) in [5, 5.41) is 4.43. The van der Waals surface area contributed by atoms with Gasteiger partial charge in [0.2, 0.25) is 5.95 Å². The lowest BCUT2D eigenvalue weighted by molar-refractivity contribution is 0.419. The van der Waals surface area contributed by atoms with Gasteiger partial charge >= 0.3 is 0 Å². The molecule has 5 nitrogen and oxygen atoms in total. The second-order valence-electron chi connectivity index (χ2n) is 7.99. The van der Waals surface area contributed by atoms with E-state index in [-0.39, 0.29) is 6.04 Å². The van der Waals surface area contributed by atoms with Crippen LogP contribution in [0.15, 0.2) is 66.7 Å². The first-order valence-corrected chi connectivity index (χ1v) is 10.7. The number of aromatic nitrogens is 2. The molecule has 1 aliphatic heterocycles. The van der Waals surface area contributed by atoms with Crippen molar-refractivity contribution in [2.75, 3.05) is 23.9 Å². The van der Waals surface area contributed by atoms with E-state index in [1.807, 2.05) is 30.3 Å². The summed E-state index contributed by atoms with van der Waals surface area (Å²) in [7, 11) is 1.69. The molecule has 4 aromatic rings. The minimum Gasteiger partial charge on any atom is -0.494 e. The van der Waals surface area contributed by atoms with Gasteiger partial charge in [0.25, 0.3) is 0 Å². The number of aryl methyl sites for hydroxylation is 1. The average molecular weight is 411 g/mol. The molecule has 0 aliphatic carbocycles. The molecule has 31 heavy (non-hydrogen) atoms. The van der Waals surface area contributed by atoms with Crippen LogP contribution in [0.25, 0.3) is 10.9 Å². The van der Waals surface area contributed by atoms with Crippen LogP contribution in [-0.2, 0) is 6.42 Å². The van der Waals surface area contributed by atoms with Crippen molar-refractivity contribution < 1.29 is 4.74 Å². The standard InChI is InChI=1S/C26H26N4O/c1-17-9-4-7-13-22(17)27-26-28-24-21(12-8-14-23(24)31-3)25(29-26)30-16-15-19-10-5-6-11-20(19)18(30)2/h4-14,18H,15-16H2,1-3H3,(H,27,28,29).